The summed E-state index contributed by atoms with van der Waals surface area (Å²) in [7, 11) is 4.20. The summed E-state index contributed by atoms with van der Waals surface area (Å²) in [5, 5.41) is 13.5. The van der Waals surface area contributed by atoms with Crippen LogP contribution in [0.25, 0.3) is 0 Å². The molecule has 0 unspecified atom stereocenters. The smallest absolute Gasteiger partial charge is 0.471 e. The van der Waals surface area contributed by atoms with Crippen molar-refractivity contribution < 1.29 is 42.1 Å². The van der Waals surface area contributed by atoms with Crippen molar-refractivity contribution in [1.82, 2.24) is 0 Å². The quantitative estimate of drug-likeness (QED) is 0.626. The predicted octanol–water partition coefficient (Wildman–Crippen LogP) is 2.96. The van der Waals surface area contributed by atoms with Crippen LogP contribution in [0, 0.1) is 0 Å². The van der Waals surface area contributed by atoms with E-state index in [0.29, 0.717) is 5.75 Å². The Morgan fingerprint density at radius 2 is 1.57 bits per heavy atom. The van der Waals surface area contributed by atoms with Crippen LogP contribution >= 0.6 is 0 Å². The highest BCUT2D eigenvalue weighted by molar-refractivity contribution is 6.06. The number of alkyl halides is 3. The summed E-state index contributed by atoms with van der Waals surface area (Å²) in [4.78, 5) is 23.8. The molecule has 0 aliphatic rings. The summed E-state index contributed by atoms with van der Waals surface area (Å²) in [6.07, 6.45) is -5.12. The SMILES string of the molecule is COc1cc(NC(=O)c2ccc(CO)c(NC(=O)C(F)(F)F)c2)cc(OC)c1OC. The van der Waals surface area contributed by atoms with Crippen LogP contribution in [0.5, 0.6) is 17.2 Å². The second kappa shape index (κ2) is 9.35. The van der Waals surface area contributed by atoms with Crippen LogP contribution in [-0.2, 0) is 11.4 Å². The third-order valence-corrected chi connectivity index (χ3v) is 3.97. The number of halogens is 3. The van der Waals surface area contributed by atoms with Crippen molar-refractivity contribution >= 4 is 23.2 Å². The van der Waals surface area contributed by atoms with Crippen molar-refractivity contribution in [3.8, 4) is 17.2 Å². The molecule has 0 aliphatic heterocycles. The number of hydrogen-bond acceptors (Lipinski definition) is 6. The molecule has 0 aromatic heterocycles. The van der Waals surface area contributed by atoms with Gasteiger partial charge < -0.3 is 30.0 Å². The van der Waals surface area contributed by atoms with E-state index >= 15 is 0 Å². The second-order valence-corrected chi connectivity index (χ2v) is 5.85. The van der Waals surface area contributed by atoms with Gasteiger partial charge in [-0.2, -0.15) is 13.2 Å². The summed E-state index contributed by atoms with van der Waals surface area (Å²) in [5.41, 5.74) is -0.116. The molecule has 30 heavy (non-hydrogen) atoms. The van der Waals surface area contributed by atoms with Crippen LogP contribution in [0.3, 0.4) is 0 Å². The van der Waals surface area contributed by atoms with Crippen molar-refractivity contribution in [3.05, 3.63) is 41.5 Å². The molecule has 3 N–H and O–H groups in total. The third kappa shape index (κ3) is 5.11. The summed E-state index contributed by atoms with van der Waals surface area (Å²) in [5.74, 6) is -2.04. The zero-order chi connectivity index (χ0) is 22.5. The molecule has 0 heterocycles. The lowest BCUT2D eigenvalue weighted by atomic mass is 10.1. The molecule has 2 amide bonds. The van der Waals surface area contributed by atoms with Gasteiger partial charge in [-0.3, -0.25) is 9.59 Å². The lowest BCUT2D eigenvalue weighted by Crippen LogP contribution is -2.30. The number of aliphatic hydroxyl groups is 1. The average molecular weight is 428 g/mol. The first kappa shape index (κ1) is 22.8. The van der Waals surface area contributed by atoms with Gasteiger partial charge in [-0.05, 0) is 12.1 Å². The first-order valence-corrected chi connectivity index (χ1v) is 8.37. The Bertz CT molecular complexity index is 921. The van der Waals surface area contributed by atoms with E-state index in [1.54, 1.807) is 5.32 Å². The molecule has 2 aromatic carbocycles. The molecule has 0 saturated heterocycles. The topological polar surface area (TPSA) is 106 Å². The summed E-state index contributed by atoms with van der Waals surface area (Å²) < 4.78 is 53.2. The van der Waals surface area contributed by atoms with Gasteiger partial charge >= 0.3 is 12.1 Å². The highest BCUT2D eigenvalue weighted by Gasteiger charge is 2.39. The highest BCUT2D eigenvalue weighted by Crippen LogP contribution is 2.40. The van der Waals surface area contributed by atoms with Gasteiger partial charge in [-0.25, -0.2) is 0 Å². The number of carbonyl (C=O) groups excluding carboxylic acids is 2. The van der Waals surface area contributed by atoms with Gasteiger partial charge in [0.05, 0.1) is 27.9 Å². The number of rotatable bonds is 7. The number of carbonyl (C=O) groups is 2. The van der Waals surface area contributed by atoms with E-state index < -0.39 is 24.6 Å². The first-order chi connectivity index (χ1) is 14.1. The maximum Gasteiger partial charge on any atom is 0.471 e. The highest BCUT2D eigenvalue weighted by atomic mass is 19.4. The molecule has 0 aliphatic carbocycles. The lowest BCUT2D eigenvalue weighted by Gasteiger charge is -2.15. The van der Waals surface area contributed by atoms with Gasteiger partial charge in [-0.15, -0.1) is 0 Å². The fraction of sp³-hybridized carbons (Fsp3) is 0.263. The molecular formula is C19H19F3N2O6. The normalized spacial score (nSPS) is 10.9. The number of ether oxygens (including phenoxy) is 3. The van der Waals surface area contributed by atoms with Crippen LogP contribution in [0.4, 0.5) is 24.5 Å². The van der Waals surface area contributed by atoms with Crippen LogP contribution in [-0.4, -0.2) is 44.4 Å². The average Bonchev–Trinajstić information content (AvgIpc) is 2.71. The molecule has 0 bridgehead atoms. The Hall–Kier alpha value is -3.47. The first-order valence-electron chi connectivity index (χ1n) is 8.37. The van der Waals surface area contributed by atoms with E-state index in [1.165, 1.54) is 45.6 Å². The fourth-order valence-electron chi connectivity index (χ4n) is 2.52. The van der Waals surface area contributed by atoms with Crippen LogP contribution in [0.15, 0.2) is 30.3 Å². The molecular weight excluding hydrogens is 409 g/mol. The zero-order valence-corrected chi connectivity index (χ0v) is 16.2. The van der Waals surface area contributed by atoms with Crippen LogP contribution in [0.1, 0.15) is 15.9 Å². The van der Waals surface area contributed by atoms with Gasteiger partial charge in [-0.1, -0.05) is 6.07 Å². The molecule has 2 rings (SSSR count). The largest absolute Gasteiger partial charge is 0.493 e. The summed E-state index contributed by atoms with van der Waals surface area (Å²) in [6, 6.07) is 6.49. The minimum absolute atomic E-state index is 0.0111. The third-order valence-electron chi connectivity index (χ3n) is 3.97. The van der Waals surface area contributed by atoms with Gasteiger partial charge in [0.2, 0.25) is 5.75 Å². The molecule has 8 nitrogen and oxygen atoms in total. The van der Waals surface area contributed by atoms with Crippen molar-refractivity contribution in [2.45, 2.75) is 12.8 Å². The van der Waals surface area contributed by atoms with E-state index in [4.69, 9.17) is 14.2 Å². The number of aliphatic hydroxyl groups excluding tert-OH is 1. The van der Waals surface area contributed by atoms with Crippen LogP contribution < -0.4 is 24.8 Å². The van der Waals surface area contributed by atoms with Crippen molar-refractivity contribution in [3.63, 3.8) is 0 Å². The molecule has 0 radical (unpaired) electrons. The zero-order valence-electron chi connectivity index (χ0n) is 16.2. The Morgan fingerprint density at radius 3 is 2.03 bits per heavy atom. The summed E-state index contributed by atoms with van der Waals surface area (Å²) in [6.45, 7) is -0.637. The van der Waals surface area contributed by atoms with Crippen molar-refractivity contribution in [2.75, 3.05) is 32.0 Å². The van der Waals surface area contributed by atoms with E-state index in [0.717, 1.165) is 6.07 Å². The Labute approximate surface area is 169 Å². The molecule has 0 atom stereocenters. The summed E-state index contributed by atoms with van der Waals surface area (Å²) >= 11 is 0. The minimum atomic E-state index is -5.12. The number of anilines is 2. The Balaban J connectivity index is 2.33. The number of methoxy groups -OCH3 is 3. The number of nitrogens with one attached hydrogen (secondary N) is 2. The van der Waals surface area contributed by atoms with Gasteiger partial charge in [0.15, 0.2) is 11.5 Å². The molecule has 162 valence electrons. The van der Waals surface area contributed by atoms with Gasteiger partial charge in [0, 0.05) is 34.6 Å². The predicted molar refractivity (Wildman–Crippen MR) is 101 cm³/mol. The standard InChI is InChI=1S/C19H19F3N2O6/c1-28-14-7-12(8-15(29-2)16(14)30-3)23-17(26)10-4-5-11(9-25)13(6-10)24-18(27)19(20,21)22/h4-8,25H,9H2,1-3H3,(H,23,26)(H,24,27). The maximum atomic E-state index is 12.6. The lowest BCUT2D eigenvalue weighted by molar-refractivity contribution is -0.167. The maximum absolute atomic E-state index is 12.6. The number of hydrogen-bond donors (Lipinski definition) is 3. The van der Waals surface area contributed by atoms with Gasteiger partial charge in [0.1, 0.15) is 0 Å². The number of amides is 2. The van der Waals surface area contributed by atoms with E-state index in [9.17, 15) is 27.9 Å². The van der Waals surface area contributed by atoms with E-state index in [2.05, 4.69) is 5.32 Å². The number of benzene rings is 2. The van der Waals surface area contributed by atoms with E-state index in [-0.39, 0.29) is 34.0 Å². The van der Waals surface area contributed by atoms with Crippen molar-refractivity contribution in [1.29, 1.82) is 0 Å². The molecule has 0 fully saturated rings. The second-order valence-electron chi connectivity index (χ2n) is 5.85. The Kier molecular flexibility index (Phi) is 7.11. The van der Waals surface area contributed by atoms with E-state index in [1.807, 2.05) is 0 Å². The molecule has 11 heteroatoms. The Morgan fingerprint density at radius 1 is 0.967 bits per heavy atom. The monoisotopic (exact) mass is 428 g/mol. The fourth-order valence-corrected chi connectivity index (χ4v) is 2.52. The van der Waals surface area contributed by atoms with Crippen molar-refractivity contribution in [2.24, 2.45) is 0 Å². The molecule has 0 saturated carbocycles. The minimum Gasteiger partial charge on any atom is -0.493 e. The van der Waals surface area contributed by atoms with Gasteiger partial charge in [0.25, 0.3) is 5.91 Å². The molecule has 0 spiro atoms. The van der Waals surface area contributed by atoms with Crippen LogP contribution in [0.2, 0.25) is 0 Å². The molecule has 2 aromatic rings.